The van der Waals surface area contributed by atoms with Gasteiger partial charge in [-0.2, -0.15) is 0 Å². The summed E-state index contributed by atoms with van der Waals surface area (Å²) in [6.07, 6.45) is 0.165. The highest BCUT2D eigenvalue weighted by molar-refractivity contribution is 6.05. The van der Waals surface area contributed by atoms with E-state index in [2.05, 4.69) is 10.6 Å². The van der Waals surface area contributed by atoms with Crippen LogP contribution in [0.4, 0.5) is 10.5 Å². The fraction of sp³-hybridized carbons (Fsp3) is 0.286. The van der Waals surface area contributed by atoms with E-state index in [1.165, 1.54) is 24.3 Å². The van der Waals surface area contributed by atoms with Crippen LogP contribution in [0, 0.1) is 5.92 Å². The molecule has 2 aromatic carbocycles. The summed E-state index contributed by atoms with van der Waals surface area (Å²) in [4.78, 5) is 38.7. The summed E-state index contributed by atoms with van der Waals surface area (Å²) >= 11 is 0. The van der Waals surface area contributed by atoms with E-state index in [0.717, 1.165) is 4.90 Å². The van der Waals surface area contributed by atoms with Crippen molar-refractivity contribution in [2.45, 2.75) is 13.3 Å². The molecular weight excluding hydrogens is 390 g/mol. The fourth-order valence-electron chi connectivity index (χ4n) is 3.22. The normalized spacial score (nSPS) is 16.6. The molecule has 0 saturated carbocycles. The van der Waals surface area contributed by atoms with Gasteiger partial charge in [0, 0.05) is 18.3 Å². The zero-order valence-electron chi connectivity index (χ0n) is 16.4. The Morgan fingerprint density at radius 1 is 1.20 bits per heavy atom. The third-order valence-corrected chi connectivity index (χ3v) is 4.62. The first-order chi connectivity index (χ1) is 14.4. The summed E-state index contributed by atoms with van der Waals surface area (Å²) in [7, 11) is 0. The number of carbonyl (C=O) groups is 3. The molecule has 1 unspecified atom stereocenters. The third-order valence-electron chi connectivity index (χ3n) is 4.62. The molecule has 9 heteroatoms. The van der Waals surface area contributed by atoms with Crippen LogP contribution in [-0.4, -0.2) is 52.7 Å². The van der Waals surface area contributed by atoms with E-state index in [1.807, 2.05) is 6.92 Å². The van der Waals surface area contributed by atoms with Crippen LogP contribution in [0.3, 0.4) is 0 Å². The molecule has 4 N–H and O–H groups in total. The molecule has 1 aliphatic heterocycles. The molecule has 1 heterocycles. The monoisotopic (exact) mass is 413 g/mol. The molecule has 2 aromatic rings. The van der Waals surface area contributed by atoms with Gasteiger partial charge in [0.2, 0.25) is 11.8 Å². The van der Waals surface area contributed by atoms with Crippen LogP contribution in [0.15, 0.2) is 42.5 Å². The lowest BCUT2D eigenvalue weighted by Gasteiger charge is -2.22. The van der Waals surface area contributed by atoms with Gasteiger partial charge >= 0.3 is 6.03 Å². The van der Waals surface area contributed by atoms with E-state index in [-0.39, 0.29) is 24.5 Å². The zero-order chi connectivity index (χ0) is 21.7. The molecule has 0 radical (unpaired) electrons. The van der Waals surface area contributed by atoms with Gasteiger partial charge in [-0.05, 0) is 49.2 Å². The Morgan fingerprint density at radius 2 is 1.97 bits per heavy atom. The van der Waals surface area contributed by atoms with Gasteiger partial charge in [-0.15, -0.1) is 0 Å². The molecule has 1 atom stereocenters. The summed E-state index contributed by atoms with van der Waals surface area (Å²) in [5.41, 5.74) is 0.889. The van der Waals surface area contributed by atoms with E-state index >= 15 is 0 Å². The predicted octanol–water partition coefficient (Wildman–Crippen LogP) is 1.85. The minimum atomic E-state index is -0.770. The number of carbonyl (C=O) groups excluding carboxylic acids is 3. The second kappa shape index (κ2) is 9.17. The number of urea groups is 1. The standard InChI is InChI=1S/C21H23N3O6/c1-2-30-18-7-6-17(26)9-13(18)8-14-11-22-19(27)12-24(20(14)28)21(29)23-15-4-3-5-16(25)10-15/h3-7,9-10,14,25-26H,2,8,11-12H2,1H3,(H,22,27)(H,23,29). The largest absolute Gasteiger partial charge is 0.508 e. The average molecular weight is 413 g/mol. The van der Waals surface area contributed by atoms with E-state index in [1.54, 1.807) is 18.2 Å². The quantitative estimate of drug-likeness (QED) is 0.592. The van der Waals surface area contributed by atoms with Gasteiger partial charge in [-0.3, -0.25) is 14.5 Å². The summed E-state index contributed by atoms with van der Waals surface area (Å²) in [5.74, 6) is -1.22. The topological polar surface area (TPSA) is 128 Å². The first-order valence-electron chi connectivity index (χ1n) is 9.50. The number of imide groups is 1. The van der Waals surface area contributed by atoms with Crippen LogP contribution in [0.25, 0.3) is 0 Å². The second-order valence-electron chi connectivity index (χ2n) is 6.84. The van der Waals surface area contributed by atoms with Crippen molar-refractivity contribution in [3.8, 4) is 17.2 Å². The molecule has 0 bridgehead atoms. The van der Waals surface area contributed by atoms with Crippen LogP contribution in [-0.2, 0) is 16.0 Å². The first kappa shape index (κ1) is 21.0. The van der Waals surface area contributed by atoms with E-state index < -0.39 is 30.3 Å². The van der Waals surface area contributed by atoms with Gasteiger partial charge in [0.25, 0.3) is 0 Å². The van der Waals surface area contributed by atoms with Gasteiger partial charge in [-0.25, -0.2) is 4.79 Å². The average Bonchev–Trinajstić information content (AvgIpc) is 2.83. The highest BCUT2D eigenvalue weighted by Gasteiger charge is 2.34. The van der Waals surface area contributed by atoms with Crippen molar-refractivity contribution in [3.63, 3.8) is 0 Å². The third kappa shape index (κ3) is 4.99. The van der Waals surface area contributed by atoms with Crippen molar-refractivity contribution < 1.29 is 29.3 Å². The van der Waals surface area contributed by atoms with E-state index in [0.29, 0.717) is 23.6 Å². The van der Waals surface area contributed by atoms with Gasteiger partial charge in [0.15, 0.2) is 0 Å². The van der Waals surface area contributed by atoms with Crippen molar-refractivity contribution in [1.29, 1.82) is 0 Å². The molecule has 158 valence electrons. The lowest BCUT2D eigenvalue weighted by molar-refractivity contribution is -0.133. The summed E-state index contributed by atoms with van der Waals surface area (Å²) in [6, 6.07) is 9.71. The Hall–Kier alpha value is -3.75. The molecule has 9 nitrogen and oxygen atoms in total. The molecule has 1 aliphatic rings. The van der Waals surface area contributed by atoms with Crippen molar-refractivity contribution in [2.24, 2.45) is 5.92 Å². The molecule has 0 aliphatic carbocycles. The number of nitrogens with one attached hydrogen (secondary N) is 2. The Morgan fingerprint density at radius 3 is 2.70 bits per heavy atom. The Balaban J connectivity index is 1.81. The number of ether oxygens (including phenoxy) is 1. The Labute approximate surface area is 173 Å². The number of rotatable bonds is 5. The maximum Gasteiger partial charge on any atom is 0.329 e. The van der Waals surface area contributed by atoms with Crippen LogP contribution in [0.5, 0.6) is 17.2 Å². The molecule has 1 saturated heterocycles. The van der Waals surface area contributed by atoms with Crippen molar-refractivity contribution in [3.05, 3.63) is 48.0 Å². The highest BCUT2D eigenvalue weighted by atomic mass is 16.5. The van der Waals surface area contributed by atoms with Crippen molar-refractivity contribution >= 4 is 23.5 Å². The number of phenols is 2. The lowest BCUT2D eigenvalue weighted by Crippen LogP contribution is -2.44. The molecular formula is C21H23N3O6. The molecule has 30 heavy (non-hydrogen) atoms. The van der Waals surface area contributed by atoms with Crippen LogP contribution in [0.2, 0.25) is 0 Å². The smallest absolute Gasteiger partial charge is 0.329 e. The van der Waals surface area contributed by atoms with Crippen molar-refractivity contribution in [2.75, 3.05) is 25.0 Å². The van der Waals surface area contributed by atoms with Gasteiger partial charge in [0.05, 0.1) is 12.5 Å². The Kier molecular flexibility index (Phi) is 6.41. The highest BCUT2D eigenvalue weighted by Crippen LogP contribution is 2.27. The van der Waals surface area contributed by atoms with Crippen LogP contribution < -0.4 is 15.4 Å². The van der Waals surface area contributed by atoms with Gasteiger partial charge in [0.1, 0.15) is 23.8 Å². The molecule has 3 rings (SSSR count). The maximum absolute atomic E-state index is 13.1. The molecule has 4 amide bonds. The second-order valence-corrected chi connectivity index (χ2v) is 6.84. The predicted molar refractivity (Wildman–Crippen MR) is 108 cm³/mol. The number of anilines is 1. The number of aromatic hydroxyl groups is 2. The van der Waals surface area contributed by atoms with Crippen LogP contribution >= 0.6 is 0 Å². The number of amides is 4. The van der Waals surface area contributed by atoms with Crippen molar-refractivity contribution in [1.82, 2.24) is 10.2 Å². The zero-order valence-corrected chi connectivity index (χ0v) is 16.4. The number of nitrogens with zero attached hydrogens (tertiary/aromatic N) is 1. The number of hydrogen-bond donors (Lipinski definition) is 4. The lowest BCUT2D eigenvalue weighted by atomic mass is 9.97. The SMILES string of the molecule is CCOc1ccc(O)cc1CC1CNC(=O)CN(C(=O)Nc2cccc(O)c2)C1=O. The summed E-state index contributed by atoms with van der Waals surface area (Å²) in [5, 5.41) is 24.5. The molecule has 0 aromatic heterocycles. The number of benzene rings is 2. The minimum Gasteiger partial charge on any atom is -0.508 e. The first-order valence-corrected chi connectivity index (χ1v) is 9.50. The van der Waals surface area contributed by atoms with E-state index in [4.69, 9.17) is 4.74 Å². The molecule has 0 spiro atoms. The summed E-state index contributed by atoms with van der Waals surface area (Å²) in [6.45, 7) is 1.86. The Bertz CT molecular complexity index is 962. The summed E-state index contributed by atoms with van der Waals surface area (Å²) < 4.78 is 5.56. The van der Waals surface area contributed by atoms with E-state index in [9.17, 15) is 24.6 Å². The van der Waals surface area contributed by atoms with Crippen LogP contribution in [0.1, 0.15) is 12.5 Å². The number of phenolic OH excluding ortho intramolecular Hbond substituents is 2. The fourth-order valence-corrected chi connectivity index (χ4v) is 3.22. The molecule has 1 fully saturated rings. The minimum absolute atomic E-state index is 0.0250. The van der Waals surface area contributed by atoms with Gasteiger partial charge < -0.3 is 25.6 Å². The number of hydrogen-bond acceptors (Lipinski definition) is 6. The van der Waals surface area contributed by atoms with Gasteiger partial charge in [-0.1, -0.05) is 6.07 Å². The maximum atomic E-state index is 13.1.